The lowest BCUT2D eigenvalue weighted by Gasteiger charge is -2.21. The van der Waals surface area contributed by atoms with E-state index in [9.17, 15) is 27.6 Å². The molecule has 210 valence electrons. The Kier molecular flexibility index (Phi) is 8.27. The number of rotatable bonds is 4. The van der Waals surface area contributed by atoms with E-state index >= 15 is 0 Å². The van der Waals surface area contributed by atoms with E-state index in [1.54, 1.807) is 34.6 Å². The molecule has 3 heterocycles. The van der Waals surface area contributed by atoms with Gasteiger partial charge in [-0.05, 0) is 52.3 Å². The molecule has 2 N–H and O–H groups in total. The van der Waals surface area contributed by atoms with E-state index in [1.807, 2.05) is 0 Å². The van der Waals surface area contributed by atoms with Crippen LogP contribution in [0.4, 0.5) is 0 Å². The molecule has 0 amide bonds. The number of sulfone groups is 1. The van der Waals surface area contributed by atoms with Gasteiger partial charge in [-0.25, -0.2) is 13.2 Å². The molecule has 14 heteroatoms. The van der Waals surface area contributed by atoms with E-state index in [0.717, 1.165) is 10.8 Å². The van der Waals surface area contributed by atoms with E-state index in [-0.39, 0.29) is 21.0 Å². The highest BCUT2D eigenvalue weighted by Gasteiger charge is 2.27. The number of oxime groups is 1. The molecule has 0 radical (unpaired) electrons. The Labute approximate surface area is 229 Å². The average Bonchev–Trinajstić information content (AvgIpc) is 3.46. The Morgan fingerprint density at radius 3 is 2.23 bits per heavy atom. The quantitative estimate of drug-likeness (QED) is 0.446. The highest BCUT2D eigenvalue weighted by molar-refractivity contribution is 7.90. The topological polar surface area (TPSA) is 165 Å². The number of aryl methyl sites for hydroxylation is 2. The molecule has 39 heavy (non-hydrogen) atoms. The second kappa shape index (κ2) is 10.8. The largest absolute Gasteiger partial charge is 0.395 e. The van der Waals surface area contributed by atoms with Crippen LogP contribution in [0.3, 0.4) is 0 Å². The number of nitrogens with one attached hydrogen (secondary N) is 2. The summed E-state index contributed by atoms with van der Waals surface area (Å²) < 4.78 is 26.6. The molecule has 12 nitrogen and oxygen atoms in total. The molecule has 1 aliphatic heterocycles. The van der Waals surface area contributed by atoms with Crippen LogP contribution in [0.5, 0.6) is 0 Å². The summed E-state index contributed by atoms with van der Waals surface area (Å²) >= 11 is 5.76. The third-order valence-electron chi connectivity index (χ3n) is 6.03. The maximum Gasteiger partial charge on any atom is 0.329 e. The van der Waals surface area contributed by atoms with Crippen LogP contribution < -0.4 is 16.8 Å². The van der Waals surface area contributed by atoms with E-state index < -0.39 is 38.0 Å². The van der Waals surface area contributed by atoms with E-state index in [4.69, 9.17) is 16.4 Å². The van der Waals surface area contributed by atoms with Crippen molar-refractivity contribution in [3.63, 3.8) is 0 Å². The molecule has 4 rings (SSSR count). The van der Waals surface area contributed by atoms with Crippen molar-refractivity contribution in [1.29, 1.82) is 0 Å². The number of aromatic amines is 2. The number of hydrogen-bond donors (Lipinski definition) is 2. The SMILES string of the molecule is Cc1[nH]c(=O)n(C(C)(C)C)c(=O)c1Cl.Cc1c(C(=O)c2c[nH]n(C)c2=O)ccc(S(C)(=O)=O)c1C1=NOCC1. The summed E-state index contributed by atoms with van der Waals surface area (Å²) in [6.07, 6.45) is 2.89. The number of aromatic nitrogens is 4. The van der Waals surface area contributed by atoms with Crippen molar-refractivity contribution in [3.8, 4) is 0 Å². The van der Waals surface area contributed by atoms with Gasteiger partial charge < -0.3 is 14.9 Å². The summed E-state index contributed by atoms with van der Waals surface area (Å²) in [7, 11) is -2.02. The molecule has 3 aromatic rings. The lowest BCUT2D eigenvalue weighted by Crippen LogP contribution is -2.45. The fourth-order valence-electron chi connectivity index (χ4n) is 4.08. The summed E-state index contributed by atoms with van der Waals surface area (Å²) in [5.74, 6) is -0.472. The number of halogens is 1. The van der Waals surface area contributed by atoms with Crippen LogP contribution in [0.1, 0.15) is 59.9 Å². The van der Waals surface area contributed by atoms with Crippen molar-refractivity contribution in [2.75, 3.05) is 12.9 Å². The van der Waals surface area contributed by atoms with Gasteiger partial charge in [0.1, 0.15) is 17.2 Å². The van der Waals surface area contributed by atoms with Gasteiger partial charge in [-0.1, -0.05) is 16.8 Å². The van der Waals surface area contributed by atoms with E-state index in [2.05, 4.69) is 15.2 Å². The molecule has 0 unspecified atom stereocenters. The van der Waals surface area contributed by atoms with Gasteiger partial charge in [0.2, 0.25) is 0 Å². The Bertz CT molecular complexity index is 1770. The van der Waals surface area contributed by atoms with Crippen LogP contribution in [0.25, 0.3) is 0 Å². The molecule has 0 aliphatic carbocycles. The zero-order valence-electron chi connectivity index (χ0n) is 22.6. The van der Waals surface area contributed by atoms with E-state index in [0.29, 0.717) is 35.6 Å². The summed E-state index contributed by atoms with van der Waals surface area (Å²) in [4.78, 5) is 55.6. The van der Waals surface area contributed by atoms with Gasteiger partial charge in [-0.2, -0.15) is 0 Å². The number of hydrogen-bond acceptors (Lipinski definition) is 8. The summed E-state index contributed by atoms with van der Waals surface area (Å²) in [6, 6.07) is 2.81. The summed E-state index contributed by atoms with van der Waals surface area (Å²) in [6.45, 7) is 8.92. The van der Waals surface area contributed by atoms with Crippen LogP contribution in [0, 0.1) is 13.8 Å². The maximum atomic E-state index is 12.8. The smallest absolute Gasteiger partial charge is 0.329 e. The average molecular weight is 580 g/mol. The third kappa shape index (κ3) is 5.98. The molecule has 1 aromatic carbocycles. The molecular weight excluding hydrogens is 550 g/mol. The number of carbonyl (C=O) groups excluding carboxylic acids is 1. The van der Waals surface area contributed by atoms with Crippen LogP contribution >= 0.6 is 11.6 Å². The minimum absolute atomic E-state index is 0.00623. The maximum absolute atomic E-state index is 12.8. The minimum atomic E-state index is -3.52. The van der Waals surface area contributed by atoms with Crippen molar-refractivity contribution in [2.45, 2.75) is 51.5 Å². The number of nitrogens with zero attached hydrogens (tertiary/aromatic N) is 3. The highest BCUT2D eigenvalue weighted by Crippen LogP contribution is 2.27. The zero-order valence-corrected chi connectivity index (χ0v) is 24.2. The first kappa shape index (κ1) is 29.8. The first-order valence-electron chi connectivity index (χ1n) is 11.8. The lowest BCUT2D eigenvalue weighted by molar-refractivity contribution is 0.103. The van der Waals surface area contributed by atoms with Crippen molar-refractivity contribution in [2.24, 2.45) is 12.2 Å². The fraction of sp³-hybridized carbons (Fsp3) is 0.400. The highest BCUT2D eigenvalue weighted by atomic mass is 35.5. The monoisotopic (exact) mass is 579 g/mol. The molecule has 0 bridgehead atoms. The predicted octanol–water partition coefficient (Wildman–Crippen LogP) is 2.03. The van der Waals surface area contributed by atoms with Gasteiger partial charge in [0.15, 0.2) is 15.6 Å². The second-order valence-corrected chi connectivity index (χ2v) is 12.4. The van der Waals surface area contributed by atoms with Crippen molar-refractivity contribution in [1.82, 2.24) is 19.3 Å². The van der Waals surface area contributed by atoms with Crippen molar-refractivity contribution in [3.05, 3.63) is 82.5 Å². The summed E-state index contributed by atoms with van der Waals surface area (Å²) in [5, 5.41) is 6.63. The Balaban J connectivity index is 0.000000255. The predicted molar refractivity (Wildman–Crippen MR) is 147 cm³/mol. The van der Waals surface area contributed by atoms with E-state index in [1.165, 1.54) is 30.1 Å². The van der Waals surface area contributed by atoms with Gasteiger partial charge in [0.25, 0.3) is 11.1 Å². The van der Waals surface area contributed by atoms with Crippen molar-refractivity contribution < 1.29 is 18.0 Å². The Morgan fingerprint density at radius 2 is 1.74 bits per heavy atom. The molecule has 0 saturated carbocycles. The van der Waals surface area contributed by atoms with Crippen LogP contribution in [-0.4, -0.2) is 52.1 Å². The first-order chi connectivity index (χ1) is 18.0. The van der Waals surface area contributed by atoms with Gasteiger partial charge >= 0.3 is 5.69 Å². The number of ketones is 1. The molecular formula is C25H30ClN5O7S. The standard InChI is InChI=1S/C16H17N3O5S.C9H13ClN2O2/c1-9-10(15(20)11-8-17-19(2)16(11)21)4-5-13(25(3,22)23)14(9)12-6-7-24-18-12;1-5-6(10)7(13)12(8(14)11-5)9(2,3)4/h4-5,8,17H,6-7H2,1-3H3;1-4H3,(H,11,14). The normalized spacial score (nSPS) is 13.4. The third-order valence-corrected chi connectivity index (χ3v) is 7.62. The minimum Gasteiger partial charge on any atom is -0.395 e. The van der Waals surface area contributed by atoms with Gasteiger partial charge in [-0.3, -0.25) is 23.6 Å². The van der Waals surface area contributed by atoms with Gasteiger partial charge in [-0.15, -0.1) is 0 Å². The Hall–Kier alpha value is -3.71. The molecule has 0 fully saturated rings. The first-order valence-corrected chi connectivity index (χ1v) is 14.1. The van der Waals surface area contributed by atoms with Crippen LogP contribution in [0.2, 0.25) is 5.02 Å². The Morgan fingerprint density at radius 1 is 1.10 bits per heavy atom. The molecule has 2 aromatic heterocycles. The summed E-state index contributed by atoms with van der Waals surface area (Å²) in [5.41, 5.74) is 0.0870. The van der Waals surface area contributed by atoms with Crippen LogP contribution in [0.15, 0.2) is 42.8 Å². The van der Waals surface area contributed by atoms with Gasteiger partial charge in [0, 0.05) is 48.3 Å². The fourth-order valence-corrected chi connectivity index (χ4v) is 5.17. The lowest BCUT2D eigenvalue weighted by atomic mass is 9.93. The van der Waals surface area contributed by atoms with Crippen LogP contribution in [-0.2, 0) is 27.3 Å². The number of H-pyrrole nitrogens is 2. The number of carbonyl (C=O) groups is 1. The molecule has 0 saturated heterocycles. The van der Waals surface area contributed by atoms with Gasteiger partial charge in [0.05, 0.1) is 10.6 Å². The second-order valence-electron chi connectivity index (χ2n) is 10.1. The molecule has 0 spiro atoms. The number of benzene rings is 1. The molecule has 0 atom stereocenters. The van der Waals surface area contributed by atoms with Crippen molar-refractivity contribution >= 4 is 32.9 Å². The molecule has 1 aliphatic rings. The zero-order chi connectivity index (χ0) is 29.4.